The molecule has 9 atom stereocenters. The first kappa shape index (κ1) is 20.2. The van der Waals surface area contributed by atoms with Gasteiger partial charge in [-0.05, 0) is 5.57 Å². The fraction of sp³-hybridized carbons (Fsp3) is 0.688. The van der Waals surface area contributed by atoms with Gasteiger partial charge in [-0.2, -0.15) is 0 Å². The Morgan fingerprint density at radius 1 is 1.04 bits per heavy atom. The lowest BCUT2D eigenvalue weighted by Crippen LogP contribution is -2.60. The molecular formula is C16H22O11. The zero-order valence-electron chi connectivity index (χ0n) is 14.0. The van der Waals surface area contributed by atoms with Crippen LogP contribution < -0.4 is 0 Å². The zero-order valence-corrected chi connectivity index (χ0v) is 14.0. The van der Waals surface area contributed by atoms with Gasteiger partial charge < -0.3 is 50.0 Å². The molecule has 7 N–H and O–H groups in total. The van der Waals surface area contributed by atoms with Gasteiger partial charge >= 0.3 is 5.97 Å². The van der Waals surface area contributed by atoms with Crippen LogP contribution >= 0.6 is 0 Å². The standard InChI is InChI=1S/C16H22O11/c17-2-5-1-7(19)10-6(14(23)24)4-25-15(9(5)10)27-16-13(22)12(21)11(20)8(3-18)26-16/h1,4,7-13,15-22H,2-3H2,(H,23,24)/t7-,8+,9-,10+,11+,12-,13+,15+,16-/m0/s1. The molecule has 0 bridgehead atoms. The molecule has 1 fully saturated rings. The molecule has 152 valence electrons. The van der Waals surface area contributed by atoms with Crippen LogP contribution in [0.2, 0.25) is 0 Å². The molecular weight excluding hydrogens is 368 g/mol. The number of carboxylic acid groups (broad SMARTS) is 1. The fourth-order valence-corrected chi connectivity index (χ4v) is 3.68. The van der Waals surface area contributed by atoms with Crippen LogP contribution in [0, 0.1) is 11.8 Å². The third kappa shape index (κ3) is 3.48. The summed E-state index contributed by atoms with van der Waals surface area (Å²) in [6, 6.07) is 0. The summed E-state index contributed by atoms with van der Waals surface area (Å²) in [6.07, 6.45) is -7.83. The number of rotatable bonds is 5. The second-order valence-corrected chi connectivity index (χ2v) is 6.66. The maximum atomic E-state index is 11.4. The van der Waals surface area contributed by atoms with E-state index in [0.29, 0.717) is 0 Å². The van der Waals surface area contributed by atoms with Crippen molar-refractivity contribution < 1.29 is 54.8 Å². The van der Waals surface area contributed by atoms with Gasteiger partial charge in [0.1, 0.15) is 24.4 Å². The third-order valence-corrected chi connectivity index (χ3v) is 5.10. The summed E-state index contributed by atoms with van der Waals surface area (Å²) in [6.45, 7) is -1.13. The molecule has 0 radical (unpaired) electrons. The number of fused-ring (bicyclic) bond motifs is 1. The lowest BCUT2D eigenvalue weighted by molar-refractivity contribution is -0.340. The first-order valence-electron chi connectivity index (χ1n) is 8.34. The maximum Gasteiger partial charge on any atom is 0.335 e. The Morgan fingerprint density at radius 2 is 1.74 bits per heavy atom. The number of aliphatic hydroxyl groups excluding tert-OH is 6. The molecule has 0 aromatic heterocycles. The molecule has 2 aliphatic heterocycles. The lowest BCUT2D eigenvalue weighted by Gasteiger charge is -2.43. The van der Waals surface area contributed by atoms with E-state index < -0.39 is 74.1 Å². The number of carboxylic acids is 1. The Kier molecular flexibility index (Phi) is 5.84. The minimum absolute atomic E-state index is 0.208. The van der Waals surface area contributed by atoms with Gasteiger partial charge in [-0.15, -0.1) is 0 Å². The van der Waals surface area contributed by atoms with E-state index in [1.54, 1.807) is 0 Å². The van der Waals surface area contributed by atoms with Crippen LogP contribution in [0.3, 0.4) is 0 Å². The van der Waals surface area contributed by atoms with Crippen LogP contribution in [0.25, 0.3) is 0 Å². The van der Waals surface area contributed by atoms with Crippen molar-refractivity contribution in [1.29, 1.82) is 0 Å². The number of hydrogen-bond donors (Lipinski definition) is 7. The molecule has 3 rings (SSSR count). The van der Waals surface area contributed by atoms with E-state index in [1.807, 2.05) is 0 Å². The summed E-state index contributed by atoms with van der Waals surface area (Å²) in [5.74, 6) is -3.13. The number of carbonyl (C=O) groups is 1. The summed E-state index contributed by atoms with van der Waals surface area (Å²) < 4.78 is 16.1. The summed E-state index contributed by atoms with van der Waals surface area (Å²) in [7, 11) is 0. The van der Waals surface area contributed by atoms with Crippen LogP contribution in [0.4, 0.5) is 0 Å². The predicted molar refractivity (Wildman–Crippen MR) is 83.6 cm³/mol. The van der Waals surface area contributed by atoms with E-state index in [1.165, 1.54) is 6.08 Å². The van der Waals surface area contributed by atoms with Gasteiger partial charge in [-0.25, -0.2) is 4.79 Å². The molecule has 0 spiro atoms. The summed E-state index contributed by atoms with van der Waals surface area (Å²) in [4.78, 5) is 11.4. The Labute approximate surface area is 153 Å². The number of aliphatic hydroxyl groups is 6. The third-order valence-electron chi connectivity index (χ3n) is 5.10. The molecule has 2 heterocycles. The molecule has 27 heavy (non-hydrogen) atoms. The molecule has 0 amide bonds. The van der Waals surface area contributed by atoms with Crippen LogP contribution in [0.5, 0.6) is 0 Å². The Bertz CT molecular complexity index is 630. The molecule has 0 unspecified atom stereocenters. The van der Waals surface area contributed by atoms with E-state index >= 15 is 0 Å². The number of ether oxygens (including phenoxy) is 3. The number of hydrogen-bond acceptors (Lipinski definition) is 10. The molecule has 0 aromatic carbocycles. The van der Waals surface area contributed by atoms with Crippen molar-refractivity contribution in [2.45, 2.75) is 43.1 Å². The Hall–Kier alpha value is -1.57. The molecule has 0 saturated carbocycles. The second kappa shape index (κ2) is 7.81. The highest BCUT2D eigenvalue weighted by atomic mass is 16.8. The normalized spacial score (nSPS) is 44.1. The average Bonchev–Trinajstić information content (AvgIpc) is 2.99. The highest BCUT2D eigenvalue weighted by molar-refractivity contribution is 5.87. The van der Waals surface area contributed by atoms with Crippen LogP contribution in [-0.2, 0) is 19.0 Å². The van der Waals surface area contributed by atoms with Gasteiger partial charge in [0.15, 0.2) is 6.29 Å². The van der Waals surface area contributed by atoms with Crippen LogP contribution in [0.15, 0.2) is 23.5 Å². The first-order chi connectivity index (χ1) is 12.8. The zero-order chi connectivity index (χ0) is 19.9. The summed E-state index contributed by atoms with van der Waals surface area (Å²) in [5.41, 5.74) is 0.0785. The molecule has 3 aliphatic rings. The molecule has 11 heteroatoms. The summed E-state index contributed by atoms with van der Waals surface area (Å²) >= 11 is 0. The van der Waals surface area contributed by atoms with Crippen molar-refractivity contribution in [3.8, 4) is 0 Å². The predicted octanol–water partition coefficient (Wildman–Crippen LogP) is -3.35. The van der Waals surface area contributed by atoms with Crippen LogP contribution in [0.1, 0.15) is 0 Å². The van der Waals surface area contributed by atoms with Gasteiger partial charge in [0.2, 0.25) is 6.29 Å². The average molecular weight is 390 g/mol. The highest BCUT2D eigenvalue weighted by Crippen LogP contribution is 2.44. The maximum absolute atomic E-state index is 11.4. The van der Waals surface area contributed by atoms with Gasteiger partial charge in [0, 0.05) is 5.92 Å². The summed E-state index contributed by atoms with van der Waals surface area (Å²) in [5, 5.41) is 68.0. The SMILES string of the molecule is O=C(O)C1=CO[C@H](O[C@@H]2O[C@H](CO)[C@@H](O)[C@H](O)[C@H]2O)[C@H]2C(CO)=C[C@H](O)[C@@H]12. The van der Waals surface area contributed by atoms with Gasteiger partial charge in [0.05, 0.1) is 37.1 Å². The van der Waals surface area contributed by atoms with E-state index in [4.69, 9.17) is 14.2 Å². The lowest BCUT2D eigenvalue weighted by atomic mass is 9.82. The quantitative estimate of drug-likeness (QED) is 0.233. The Morgan fingerprint density at radius 3 is 2.33 bits per heavy atom. The van der Waals surface area contributed by atoms with Crippen LogP contribution in [-0.4, -0.2) is 98.0 Å². The number of aliphatic carboxylic acids is 1. The minimum atomic E-state index is -1.68. The van der Waals surface area contributed by atoms with E-state index in [0.717, 1.165) is 6.26 Å². The van der Waals surface area contributed by atoms with Crippen molar-refractivity contribution in [3.63, 3.8) is 0 Å². The van der Waals surface area contributed by atoms with E-state index in [9.17, 15) is 40.5 Å². The van der Waals surface area contributed by atoms with E-state index in [2.05, 4.69) is 0 Å². The van der Waals surface area contributed by atoms with Crippen molar-refractivity contribution in [2.24, 2.45) is 11.8 Å². The van der Waals surface area contributed by atoms with Crippen molar-refractivity contribution in [1.82, 2.24) is 0 Å². The molecule has 11 nitrogen and oxygen atoms in total. The minimum Gasteiger partial charge on any atom is -0.478 e. The molecule has 0 aromatic rings. The van der Waals surface area contributed by atoms with Gasteiger partial charge in [-0.1, -0.05) is 6.08 Å². The topological polar surface area (TPSA) is 186 Å². The van der Waals surface area contributed by atoms with Crippen molar-refractivity contribution in [3.05, 3.63) is 23.5 Å². The first-order valence-corrected chi connectivity index (χ1v) is 8.34. The highest BCUT2D eigenvalue weighted by Gasteiger charge is 2.51. The largest absolute Gasteiger partial charge is 0.478 e. The Balaban J connectivity index is 1.84. The van der Waals surface area contributed by atoms with Gasteiger partial charge in [-0.3, -0.25) is 0 Å². The second-order valence-electron chi connectivity index (χ2n) is 6.66. The van der Waals surface area contributed by atoms with Crippen molar-refractivity contribution in [2.75, 3.05) is 13.2 Å². The van der Waals surface area contributed by atoms with E-state index in [-0.39, 0.29) is 11.1 Å². The smallest absolute Gasteiger partial charge is 0.335 e. The fourth-order valence-electron chi connectivity index (χ4n) is 3.68. The van der Waals surface area contributed by atoms with Gasteiger partial charge in [0.25, 0.3) is 0 Å². The monoisotopic (exact) mass is 390 g/mol. The molecule has 1 saturated heterocycles. The molecule has 1 aliphatic carbocycles. The van der Waals surface area contributed by atoms with Crippen molar-refractivity contribution >= 4 is 5.97 Å².